The summed E-state index contributed by atoms with van der Waals surface area (Å²) >= 11 is 0. The highest BCUT2D eigenvalue weighted by Gasteiger charge is 2.22. The second kappa shape index (κ2) is 6.80. The Kier molecular flexibility index (Phi) is 4.39. The molecule has 24 heavy (non-hydrogen) atoms. The largest absolute Gasteiger partial charge is 0.369 e. The fourth-order valence-corrected chi connectivity index (χ4v) is 2.81. The smallest absolute Gasteiger partial charge is 0.212 e. The van der Waals surface area contributed by atoms with Crippen molar-refractivity contribution in [3.63, 3.8) is 0 Å². The predicted molar refractivity (Wildman–Crippen MR) is 96.3 cm³/mol. The van der Waals surface area contributed by atoms with Gasteiger partial charge < -0.3 is 10.6 Å². The summed E-state index contributed by atoms with van der Waals surface area (Å²) in [5.41, 5.74) is 8.94. The average molecular weight is 315 g/mol. The van der Waals surface area contributed by atoms with Gasteiger partial charge in [0.2, 0.25) is 12.2 Å². The molecule has 0 bridgehead atoms. The summed E-state index contributed by atoms with van der Waals surface area (Å²) in [4.78, 5) is 10.0. The van der Waals surface area contributed by atoms with Gasteiger partial charge in [-0.3, -0.25) is 4.98 Å². The van der Waals surface area contributed by atoms with Crippen LogP contribution in [-0.4, -0.2) is 10.9 Å². The van der Waals surface area contributed by atoms with Crippen LogP contribution in [0.2, 0.25) is 0 Å². The van der Waals surface area contributed by atoms with Gasteiger partial charge in [-0.25, -0.2) is 0 Å². The molecule has 5 heteroatoms. The minimum Gasteiger partial charge on any atom is -0.369 e. The quantitative estimate of drug-likeness (QED) is 0.455. The lowest BCUT2D eigenvalue weighted by Gasteiger charge is -2.31. The van der Waals surface area contributed by atoms with Crippen LogP contribution in [-0.2, 0) is 0 Å². The molecule has 118 valence electrons. The average Bonchev–Trinajstić information content (AvgIpc) is 2.63. The summed E-state index contributed by atoms with van der Waals surface area (Å²) in [6, 6.07) is 19.6. The van der Waals surface area contributed by atoms with E-state index in [4.69, 9.17) is 11.0 Å². The van der Waals surface area contributed by atoms with E-state index >= 15 is 0 Å². The van der Waals surface area contributed by atoms with Crippen LogP contribution in [0.1, 0.15) is 18.5 Å². The van der Waals surface area contributed by atoms with E-state index in [-0.39, 0.29) is 12.0 Å². The fraction of sp³-hybridized carbons (Fsp3) is 0.105. The first-order chi connectivity index (χ1) is 11.7. The van der Waals surface area contributed by atoms with Crippen LogP contribution in [0, 0.1) is 11.5 Å². The third-order valence-electron chi connectivity index (χ3n) is 3.96. The molecule has 0 spiro atoms. The van der Waals surface area contributed by atoms with Crippen LogP contribution < -0.4 is 10.6 Å². The van der Waals surface area contributed by atoms with Crippen LogP contribution in [0.5, 0.6) is 0 Å². The number of fused-ring (bicyclic) bond motifs is 1. The zero-order valence-electron chi connectivity index (χ0n) is 13.3. The van der Waals surface area contributed by atoms with E-state index < -0.39 is 0 Å². The topological polar surface area (TPSA) is 78.3 Å². The van der Waals surface area contributed by atoms with E-state index in [0.29, 0.717) is 0 Å². The zero-order chi connectivity index (χ0) is 16.9. The summed E-state index contributed by atoms with van der Waals surface area (Å²) < 4.78 is 0. The molecule has 0 saturated carbocycles. The number of nitriles is 1. The molecule has 1 atom stereocenters. The Labute approximate surface area is 140 Å². The van der Waals surface area contributed by atoms with Gasteiger partial charge in [0, 0.05) is 11.6 Å². The van der Waals surface area contributed by atoms with E-state index in [2.05, 4.69) is 9.98 Å². The maximum atomic E-state index is 8.94. The van der Waals surface area contributed by atoms with Gasteiger partial charge in [-0.15, -0.1) is 4.99 Å². The molecule has 2 N–H and O–H groups in total. The lowest BCUT2D eigenvalue weighted by Crippen LogP contribution is -2.39. The highest BCUT2D eigenvalue weighted by atomic mass is 15.3. The van der Waals surface area contributed by atoms with Crippen molar-refractivity contribution in [3.05, 3.63) is 72.4 Å². The van der Waals surface area contributed by atoms with Crippen LogP contribution in [0.25, 0.3) is 10.9 Å². The van der Waals surface area contributed by atoms with E-state index in [1.54, 1.807) is 12.4 Å². The van der Waals surface area contributed by atoms with E-state index in [1.807, 2.05) is 72.5 Å². The third kappa shape index (κ3) is 2.90. The van der Waals surface area contributed by atoms with Crippen LogP contribution in [0.4, 0.5) is 5.69 Å². The van der Waals surface area contributed by atoms with Crippen LogP contribution in [0.3, 0.4) is 0 Å². The Hall–Kier alpha value is -3.39. The summed E-state index contributed by atoms with van der Waals surface area (Å²) in [6.45, 7) is 2.03. The third-order valence-corrected chi connectivity index (χ3v) is 3.96. The summed E-state index contributed by atoms with van der Waals surface area (Å²) in [5.74, 6) is 0.158. The van der Waals surface area contributed by atoms with Crippen molar-refractivity contribution in [1.82, 2.24) is 4.98 Å². The van der Waals surface area contributed by atoms with Gasteiger partial charge in [-0.05, 0) is 36.8 Å². The molecule has 1 aromatic heterocycles. The number of benzene rings is 2. The molecule has 0 saturated heterocycles. The fourth-order valence-electron chi connectivity index (χ4n) is 2.81. The molecule has 0 radical (unpaired) electrons. The maximum Gasteiger partial charge on any atom is 0.212 e. The van der Waals surface area contributed by atoms with Crippen molar-refractivity contribution in [1.29, 1.82) is 5.26 Å². The van der Waals surface area contributed by atoms with Crippen LogP contribution in [0.15, 0.2) is 71.9 Å². The van der Waals surface area contributed by atoms with Gasteiger partial charge in [0.1, 0.15) is 0 Å². The summed E-state index contributed by atoms with van der Waals surface area (Å²) in [5, 5.41) is 9.90. The molecule has 0 unspecified atom stereocenters. The number of rotatable bonds is 3. The number of pyridine rings is 1. The molecule has 0 aliphatic carbocycles. The van der Waals surface area contributed by atoms with Gasteiger partial charge in [-0.1, -0.05) is 36.4 Å². The lowest BCUT2D eigenvalue weighted by molar-refractivity contribution is 0.789. The number of anilines is 1. The first-order valence-corrected chi connectivity index (χ1v) is 7.62. The van der Waals surface area contributed by atoms with Crippen molar-refractivity contribution in [2.45, 2.75) is 13.0 Å². The van der Waals surface area contributed by atoms with E-state index in [9.17, 15) is 0 Å². The van der Waals surface area contributed by atoms with Crippen molar-refractivity contribution < 1.29 is 0 Å². The zero-order valence-corrected chi connectivity index (χ0v) is 13.3. The van der Waals surface area contributed by atoms with Crippen LogP contribution >= 0.6 is 0 Å². The summed E-state index contributed by atoms with van der Waals surface area (Å²) in [6.07, 6.45) is 3.53. The maximum absolute atomic E-state index is 8.94. The molecular weight excluding hydrogens is 298 g/mol. The van der Waals surface area contributed by atoms with Crippen molar-refractivity contribution in [2.24, 2.45) is 10.7 Å². The molecule has 0 aliphatic rings. The normalized spacial score (nSPS) is 12.6. The van der Waals surface area contributed by atoms with Crippen molar-refractivity contribution in [2.75, 3.05) is 4.90 Å². The predicted octanol–water partition coefficient (Wildman–Crippen LogP) is 3.60. The Morgan fingerprint density at radius 1 is 1.12 bits per heavy atom. The monoisotopic (exact) mass is 315 g/mol. The van der Waals surface area contributed by atoms with Gasteiger partial charge in [-0.2, -0.15) is 5.26 Å². The minimum atomic E-state index is -0.0888. The molecule has 5 nitrogen and oxygen atoms in total. The molecule has 2 aromatic carbocycles. The molecular formula is C19H17N5. The second-order valence-corrected chi connectivity index (χ2v) is 5.37. The second-order valence-electron chi connectivity index (χ2n) is 5.37. The minimum absolute atomic E-state index is 0.0888. The Morgan fingerprint density at radius 2 is 1.92 bits per heavy atom. The molecule has 3 rings (SSSR count). The first kappa shape index (κ1) is 15.5. The highest BCUT2D eigenvalue weighted by molar-refractivity contribution is 6.04. The Morgan fingerprint density at radius 3 is 2.67 bits per heavy atom. The standard InChI is InChI=1S/C19H17N5/c1-14(15-7-3-2-4-8-15)24(19(21)23-13-20)18-11-5-10-17-16(18)9-6-12-22-17/h2-12,14H,1H3,(H2,21,23)/t14-/m0/s1. The first-order valence-electron chi connectivity index (χ1n) is 7.62. The summed E-state index contributed by atoms with van der Waals surface area (Å²) in [7, 11) is 0. The van der Waals surface area contributed by atoms with Gasteiger partial charge >= 0.3 is 0 Å². The number of aromatic nitrogens is 1. The SMILES string of the molecule is C[C@@H](c1ccccc1)N(C(N)=NC#N)c1cccc2ncccc12. The Bertz CT molecular complexity index is 906. The lowest BCUT2D eigenvalue weighted by atomic mass is 10.0. The van der Waals surface area contributed by atoms with Crippen molar-refractivity contribution in [3.8, 4) is 6.19 Å². The highest BCUT2D eigenvalue weighted by Crippen LogP contribution is 2.32. The molecule has 0 aliphatic heterocycles. The number of hydrogen-bond acceptors (Lipinski definition) is 3. The number of aliphatic imine (C=N–C) groups is 1. The molecule has 0 fully saturated rings. The number of nitrogens with two attached hydrogens (primary N) is 1. The van der Waals surface area contributed by atoms with Gasteiger partial charge in [0.15, 0.2) is 0 Å². The Balaban J connectivity index is 2.18. The molecule has 0 amide bonds. The number of nitrogens with zero attached hydrogens (tertiary/aromatic N) is 4. The van der Waals surface area contributed by atoms with Crippen molar-refractivity contribution >= 4 is 22.5 Å². The molecule has 3 aromatic rings. The number of guanidine groups is 1. The van der Waals surface area contributed by atoms with E-state index in [1.165, 1.54) is 0 Å². The van der Waals surface area contributed by atoms with Gasteiger partial charge in [0.05, 0.1) is 17.2 Å². The molecule has 1 heterocycles. The number of hydrogen-bond donors (Lipinski definition) is 1. The van der Waals surface area contributed by atoms with Gasteiger partial charge in [0.25, 0.3) is 0 Å². The van der Waals surface area contributed by atoms with E-state index in [0.717, 1.165) is 22.2 Å².